The number of nitrogens with zero attached hydrogens (tertiary/aromatic N) is 1. The predicted molar refractivity (Wildman–Crippen MR) is 79.8 cm³/mol. The summed E-state index contributed by atoms with van der Waals surface area (Å²) in [7, 11) is 0. The van der Waals surface area contributed by atoms with Crippen LogP contribution in [-0.2, 0) is 0 Å². The molecular weight excluding hydrogens is 249 g/mol. The molecule has 0 saturated heterocycles. The monoisotopic (exact) mass is 263 g/mol. The second-order valence-corrected chi connectivity index (χ2v) is 4.76. The molecule has 0 atom stereocenters. The molecule has 1 aromatic heterocycles. The first-order valence-corrected chi connectivity index (χ1v) is 6.52. The fraction of sp³-hybridized carbons (Fsp3) is 0.0556. The number of hydrogen-bond acceptors (Lipinski definition) is 1. The molecule has 0 unspecified atom stereocenters. The number of aryl methyl sites for hydroxylation is 1. The summed E-state index contributed by atoms with van der Waals surface area (Å²) >= 11 is 0. The van der Waals surface area contributed by atoms with Gasteiger partial charge in [0.2, 0.25) is 0 Å². The first-order valence-electron chi connectivity index (χ1n) is 6.52. The molecule has 2 aromatic carbocycles. The quantitative estimate of drug-likeness (QED) is 0.643. The van der Waals surface area contributed by atoms with Crippen LogP contribution >= 0.6 is 0 Å². The third kappa shape index (κ3) is 2.45. The lowest BCUT2D eigenvalue weighted by atomic mass is 10.0. The number of aromatic nitrogens is 1. The number of hydrogen-bond donors (Lipinski definition) is 0. The topological polar surface area (TPSA) is 12.9 Å². The highest BCUT2D eigenvalue weighted by atomic mass is 19.1. The van der Waals surface area contributed by atoms with Gasteiger partial charge in [0.25, 0.3) is 0 Å². The Balaban J connectivity index is 2.04. The van der Waals surface area contributed by atoms with Gasteiger partial charge in [0.1, 0.15) is 5.82 Å². The molecule has 0 saturated carbocycles. The minimum absolute atomic E-state index is 0.242. The van der Waals surface area contributed by atoms with E-state index < -0.39 is 0 Å². The van der Waals surface area contributed by atoms with Gasteiger partial charge in [-0.05, 0) is 36.2 Å². The van der Waals surface area contributed by atoms with Crippen molar-refractivity contribution in [3.63, 3.8) is 0 Å². The van der Waals surface area contributed by atoms with E-state index in [-0.39, 0.29) is 5.82 Å². The van der Waals surface area contributed by atoms with E-state index in [1.807, 2.05) is 43.5 Å². The van der Waals surface area contributed by atoms with E-state index in [1.54, 1.807) is 6.07 Å². The summed E-state index contributed by atoms with van der Waals surface area (Å²) in [6.07, 6.45) is 1.85. The molecule has 0 aliphatic carbocycles. The van der Waals surface area contributed by atoms with Crippen molar-refractivity contribution in [1.29, 1.82) is 0 Å². The minimum Gasteiger partial charge on any atom is -0.256 e. The average Bonchev–Trinajstić information content (AvgIpc) is 2.48. The van der Waals surface area contributed by atoms with Crippen LogP contribution in [0.2, 0.25) is 0 Å². The lowest BCUT2D eigenvalue weighted by molar-refractivity contribution is 0.628. The lowest BCUT2D eigenvalue weighted by Crippen LogP contribution is -1.90. The van der Waals surface area contributed by atoms with Gasteiger partial charge in [-0.1, -0.05) is 42.5 Å². The summed E-state index contributed by atoms with van der Waals surface area (Å²) in [6, 6.07) is 18.6. The van der Waals surface area contributed by atoms with Crippen LogP contribution in [0.3, 0.4) is 0 Å². The van der Waals surface area contributed by atoms with Crippen LogP contribution < -0.4 is 0 Å². The van der Waals surface area contributed by atoms with Gasteiger partial charge in [-0.15, -0.1) is 0 Å². The molecule has 3 rings (SSSR count). The molecular formula is C18H14FN. The normalized spacial score (nSPS) is 10.5. The fourth-order valence-electron chi connectivity index (χ4n) is 2.28. The van der Waals surface area contributed by atoms with Gasteiger partial charge in [-0.25, -0.2) is 4.39 Å². The van der Waals surface area contributed by atoms with Crippen molar-refractivity contribution in [3.05, 3.63) is 78.2 Å². The maximum absolute atomic E-state index is 13.3. The maximum Gasteiger partial charge on any atom is 0.123 e. The van der Waals surface area contributed by atoms with Crippen molar-refractivity contribution in [3.8, 4) is 22.4 Å². The van der Waals surface area contributed by atoms with Crippen molar-refractivity contribution in [2.45, 2.75) is 6.92 Å². The number of halogens is 1. The van der Waals surface area contributed by atoms with Gasteiger partial charge in [-0.2, -0.15) is 0 Å². The van der Waals surface area contributed by atoms with Crippen LogP contribution in [0.1, 0.15) is 5.56 Å². The Morgan fingerprint density at radius 3 is 2.30 bits per heavy atom. The molecule has 0 aliphatic rings. The summed E-state index contributed by atoms with van der Waals surface area (Å²) in [6.45, 7) is 2.05. The average molecular weight is 263 g/mol. The van der Waals surface area contributed by atoms with Crippen molar-refractivity contribution in [2.24, 2.45) is 0 Å². The van der Waals surface area contributed by atoms with Crippen molar-refractivity contribution >= 4 is 0 Å². The largest absolute Gasteiger partial charge is 0.256 e. The SMILES string of the molecule is Cc1cc(-c2cccc(F)c2)ncc1-c1ccccc1. The lowest BCUT2D eigenvalue weighted by Gasteiger charge is -2.08. The Hall–Kier alpha value is -2.48. The molecule has 0 aliphatic heterocycles. The highest BCUT2D eigenvalue weighted by Gasteiger charge is 2.06. The molecule has 0 spiro atoms. The summed E-state index contributed by atoms with van der Waals surface area (Å²) < 4.78 is 13.3. The summed E-state index contributed by atoms with van der Waals surface area (Å²) in [5, 5.41) is 0. The van der Waals surface area contributed by atoms with Crippen LogP contribution in [0.5, 0.6) is 0 Å². The van der Waals surface area contributed by atoms with E-state index in [9.17, 15) is 4.39 Å². The zero-order valence-corrected chi connectivity index (χ0v) is 11.2. The Bertz CT molecular complexity index is 735. The third-order valence-electron chi connectivity index (χ3n) is 3.32. The molecule has 3 aromatic rings. The number of pyridine rings is 1. The van der Waals surface area contributed by atoms with Gasteiger partial charge < -0.3 is 0 Å². The highest BCUT2D eigenvalue weighted by Crippen LogP contribution is 2.26. The fourth-order valence-corrected chi connectivity index (χ4v) is 2.28. The zero-order valence-electron chi connectivity index (χ0n) is 11.2. The van der Waals surface area contributed by atoms with E-state index in [4.69, 9.17) is 0 Å². The molecule has 0 radical (unpaired) electrons. The Morgan fingerprint density at radius 2 is 1.60 bits per heavy atom. The van der Waals surface area contributed by atoms with E-state index >= 15 is 0 Å². The van der Waals surface area contributed by atoms with Crippen molar-refractivity contribution < 1.29 is 4.39 Å². The number of rotatable bonds is 2. The second kappa shape index (κ2) is 5.25. The Kier molecular flexibility index (Phi) is 3.30. The smallest absolute Gasteiger partial charge is 0.123 e. The third-order valence-corrected chi connectivity index (χ3v) is 3.32. The standard InChI is InChI=1S/C18H14FN/c1-13-10-18(15-8-5-9-16(19)11-15)20-12-17(13)14-6-3-2-4-7-14/h2-12H,1H3. The minimum atomic E-state index is -0.242. The zero-order chi connectivity index (χ0) is 13.9. The van der Waals surface area contributed by atoms with Gasteiger partial charge in [0.15, 0.2) is 0 Å². The predicted octanol–water partition coefficient (Wildman–Crippen LogP) is 4.86. The molecule has 2 heteroatoms. The molecule has 1 heterocycles. The van der Waals surface area contributed by atoms with Gasteiger partial charge in [0, 0.05) is 17.3 Å². The molecule has 20 heavy (non-hydrogen) atoms. The first-order chi connectivity index (χ1) is 9.74. The highest BCUT2D eigenvalue weighted by molar-refractivity contribution is 5.70. The molecule has 0 fully saturated rings. The van der Waals surface area contributed by atoms with Gasteiger partial charge >= 0.3 is 0 Å². The van der Waals surface area contributed by atoms with Crippen molar-refractivity contribution in [2.75, 3.05) is 0 Å². The van der Waals surface area contributed by atoms with E-state index in [1.165, 1.54) is 12.1 Å². The number of benzene rings is 2. The summed E-state index contributed by atoms with van der Waals surface area (Å²) in [4.78, 5) is 4.46. The molecule has 1 nitrogen and oxygen atoms in total. The van der Waals surface area contributed by atoms with E-state index in [0.29, 0.717) is 0 Å². The second-order valence-electron chi connectivity index (χ2n) is 4.76. The molecule has 0 bridgehead atoms. The Morgan fingerprint density at radius 1 is 0.850 bits per heavy atom. The van der Waals surface area contributed by atoms with Gasteiger partial charge in [-0.3, -0.25) is 4.98 Å². The Labute approximate surface area is 117 Å². The summed E-state index contributed by atoms with van der Waals surface area (Å²) in [5.41, 5.74) is 4.97. The first kappa shape index (κ1) is 12.5. The van der Waals surface area contributed by atoms with E-state index in [0.717, 1.165) is 27.9 Å². The van der Waals surface area contributed by atoms with Crippen LogP contribution in [-0.4, -0.2) is 4.98 Å². The van der Waals surface area contributed by atoms with Crippen LogP contribution in [0.15, 0.2) is 66.9 Å². The van der Waals surface area contributed by atoms with Crippen LogP contribution in [0, 0.1) is 12.7 Å². The van der Waals surface area contributed by atoms with E-state index in [2.05, 4.69) is 17.1 Å². The molecule has 0 N–H and O–H groups in total. The summed E-state index contributed by atoms with van der Waals surface area (Å²) in [5.74, 6) is -0.242. The van der Waals surface area contributed by atoms with Gasteiger partial charge in [0.05, 0.1) is 5.69 Å². The van der Waals surface area contributed by atoms with Crippen molar-refractivity contribution in [1.82, 2.24) is 4.98 Å². The molecule has 0 amide bonds. The molecule has 98 valence electrons. The van der Waals surface area contributed by atoms with Crippen LogP contribution in [0.4, 0.5) is 4.39 Å². The van der Waals surface area contributed by atoms with Crippen LogP contribution in [0.25, 0.3) is 22.4 Å². The maximum atomic E-state index is 13.3.